The van der Waals surface area contributed by atoms with Gasteiger partial charge in [-0.3, -0.25) is 0 Å². The minimum absolute atomic E-state index is 0.125. The highest BCUT2D eigenvalue weighted by atomic mass is 79.9. The molecule has 1 aromatic rings. The van der Waals surface area contributed by atoms with Crippen LogP contribution >= 0.6 is 15.9 Å². The van der Waals surface area contributed by atoms with Crippen LogP contribution < -0.4 is 10.1 Å². The lowest BCUT2D eigenvalue weighted by Crippen LogP contribution is -2.24. The molecule has 4 N–H and O–H groups in total. The molecule has 0 saturated heterocycles. The molecule has 1 aliphatic rings. The number of carboxylic acids is 1. The van der Waals surface area contributed by atoms with E-state index in [1.165, 1.54) is 6.07 Å². The van der Waals surface area contributed by atoms with Crippen LogP contribution in [0.25, 0.3) is 0 Å². The smallest absolute Gasteiger partial charge is 0.339 e. The molecule has 0 spiro atoms. The van der Waals surface area contributed by atoms with Gasteiger partial charge in [-0.05, 0) is 34.8 Å². The zero-order valence-corrected chi connectivity index (χ0v) is 12.3. The third kappa shape index (κ3) is 3.05. The summed E-state index contributed by atoms with van der Waals surface area (Å²) in [7, 11) is 0. The molecular formula is C13H16BrNO5. The maximum Gasteiger partial charge on any atom is 0.339 e. The topological polar surface area (TPSA) is 99.0 Å². The summed E-state index contributed by atoms with van der Waals surface area (Å²) in [4.78, 5) is 11.3. The van der Waals surface area contributed by atoms with Gasteiger partial charge in [0.05, 0.1) is 25.0 Å². The van der Waals surface area contributed by atoms with Crippen LogP contribution in [-0.4, -0.2) is 47.2 Å². The van der Waals surface area contributed by atoms with Gasteiger partial charge >= 0.3 is 5.97 Å². The summed E-state index contributed by atoms with van der Waals surface area (Å²) < 4.78 is 6.09. The third-order valence-corrected chi connectivity index (χ3v) is 3.73. The first kappa shape index (κ1) is 15.1. The zero-order chi connectivity index (χ0) is 14.7. The van der Waals surface area contributed by atoms with Crippen LogP contribution in [0.1, 0.15) is 22.3 Å². The second kappa shape index (κ2) is 6.43. The van der Waals surface area contributed by atoms with Gasteiger partial charge in [-0.1, -0.05) is 0 Å². The predicted octanol–water partition coefficient (Wildman–Crippen LogP) is 1.24. The number of aliphatic hydroxyl groups excluding tert-OH is 2. The van der Waals surface area contributed by atoms with Crippen molar-refractivity contribution in [3.8, 4) is 5.75 Å². The number of carboxylic acid groups (broad SMARTS) is 1. The number of rotatable bonds is 5. The summed E-state index contributed by atoms with van der Waals surface area (Å²) >= 11 is 3.34. The molecule has 7 heteroatoms. The number of hydrogen-bond acceptors (Lipinski definition) is 5. The number of carbonyl (C=O) groups is 1. The molecule has 0 amide bonds. The molecule has 6 nitrogen and oxygen atoms in total. The predicted molar refractivity (Wildman–Crippen MR) is 76.5 cm³/mol. The molecule has 0 aliphatic carbocycles. The van der Waals surface area contributed by atoms with Crippen molar-refractivity contribution < 1.29 is 24.9 Å². The van der Waals surface area contributed by atoms with Gasteiger partial charge in [0, 0.05) is 16.6 Å². The second-order valence-electron chi connectivity index (χ2n) is 4.56. The van der Waals surface area contributed by atoms with Gasteiger partial charge in [0.15, 0.2) is 0 Å². The van der Waals surface area contributed by atoms with Crippen molar-refractivity contribution >= 4 is 27.6 Å². The number of ether oxygens (including phenoxy) is 1. The van der Waals surface area contributed by atoms with E-state index in [0.717, 1.165) is 12.0 Å². The van der Waals surface area contributed by atoms with Crippen LogP contribution in [0.15, 0.2) is 10.5 Å². The lowest BCUT2D eigenvalue weighted by Gasteiger charge is -2.24. The van der Waals surface area contributed by atoms with Crippen molar-refractivity contribution in [3.63, 3.8) is 0 Å². The number of aliphatic hydroxyl groups is 2. The van der Waals surface area contributed by atoms with Crippen molar-refractivity contribution in [3.05, 3.63) is 21.7 Å². The molecule has 0 radical (unpaired) electrons. The summed E-state index contributed by atoms with van der Waals surface area (Å²) in [6.45, 7) is 0.331. The molecule has 1 aromatic carbocycles. The van der Waals surface area contributed by atoms with E-state index >= 15 is 0 Å². The minimum atomic E-state index is -1.04. The molecular weight excluding hydrogens is 330 g/mol. The Labute approximate surface area is 124 Å². The fraction of sp³-hybridized carbons (Fsp3) is 0.462. The fourth-order valence-electron chi connectivity index (χ4n) is 2.15. The fourth-order valence-corrected chi connectivity index (χ4v) is 2.75. The lowest BCUT2D eigenvalue weighted by atomic mass is 10.00. The second-order valence-corrected chi connectivity index (χ2v) is 5.42. The Morgan fingerprint density at radius 1 is 1.55 bits per heavy atom. The van der Waals surface area contributed by atoms with Gasteiger partial charge in [-0.25, -0.2) is 4.79 Å². The average Bonchev–Trinajstić information content (AvgIpc) is 2.45. The van der Waals surface area contributed by atoms with Crippen LogP contribution in [0.4, 0.5) is 5.69 Å². The molecule has 1 aliphatic heterocycles. The zero-order valence-electron chi connectivity index (χ0n) is 10.7. The molecule has 2 rings (SSSR count). The number of nitrogens with one attached hydrogen (secondary N) is 1. The number of aromatic carboxylic acids is 1. The van der Waals surface area contributed by atoms with Crippen LogP contribution in [0.3, 0.4) is 0 Å². The Kier molecular flexibility index (Phi) is 4.85. The van der Waals surface area contributed by atoms with Gasteiger partial charge in [0.2, 0.25) is 0 Å². The summed E-state index contributed by atoms with van der Waals surface area (Å²) in [5, 5.41) is 30.5. The molecule has 1 unspecified atom stereocenters. The number of benzene rings is 1. The van der Waals surface area contributed by atoms with E-state index in [-0.39, 0.29) is 18.7 Å². The third-order valence-electron chi connectivity index (χ3n) is 3.10. The Balaban J connectivity index is 2.39. The summed E-state index contributed by atoms with van der Waals surface area (Å²) in [5.41, 5.74) is 1.62. The molecule has 0 saturated carbocycles. The van der Waals surface area contributed by atoms with E-state index in [4.69, 9.17) is 9.84 Å². The van der Waals surface area contributed by atoms with Crippen molar-refractivity contribution in [1.82, 2.24) is 0 Å². The van der Waals surface area contributed by atoms with Gasteiger partial charge in [0.25, 0.3) is 0 Å². The van der Waals surface area contributed by atoms with Gasteiger partial charge < -0.3 is 25.4 Å². The summed E-state index contributed by atoms with van der Waals surface area (Å²) in [5.74, 6) is -0.654. The van der Waals surface area contributed by atoms with Crippen molar-refractivity contribution in [1.29, 1.82) is 0 Å². The van der Waals surface area contributed by atoms with E-state index in [1.54, 1.807) is 0 Å². The maximum atomic E-state index is 11.3. The molecule has 0 aromatic heterocycles. The normalized spacial score (nSPS) is 15.2. The first-order valence-corrected chi connectivity index (χ1v) is 7.08. The van der Waals surface area contributed by atoms with Gasteiger partial charge in [0.1, 0.15) is 11.3 Å². The van der Waals surface area contributed by atoms with Crippen LogP contribution in [0.2, 0.25) is 0 Å². The van der Waals surface area contributed by atoms with E-state index in [1.807, 2.05) is 0 Å². The van der Waals surface area contributed by atoms with E-state index in [0.29, 0.717) is 28.9 Å². The highest BCUT2D eigenvalue weighted by Gasteiger charge is 2.24. The van der Waals surface area contributed by atoms with E-state index in [9.17, 15) is 15.0 Å². The first-order chi connectivity index (χ1) is 9.54. The largest absolute Gasteiger partial charge is 0.492 e. The first-order valence-electron chi connectivity index (χ1n) is 6.28. The molecule has 0 fully saturated rings. The van der Waals surface area contributed by atoms with Crippen LogP contribution in [0, 0.1) is 0 Å². The molecule has 1 heterocycles. The highest BCUT2D eigenvalue weighted by Crippen LogP contribution is 2.40. The summed E-state index contributed by atoms with van der Waals surface area (Å²) in [6, 6.07) is 1.49. The minimum Gasteiger partial charge on any atom is -0.492 e. The lowest BCUT2D eigenvalue weighted by molar-refractivity contribution is 0.0691. The number of anilines is 1. The monoisotopic (exact) mass is 345 g/mol. The Morgan fingerprint density at radius 2 is 2.30 bits per heavy atom. The summed E-state index contributed by atoms with van der Waals surface area (Å²) in [6.07, 6.45) is 0.632. The standard InChI is InChI=1S/C13H16BrNO5/c14-10-4-9(13(18)19)12-8(2-1-3-20-12)11(10)15-5-7(17)6-16/h4,7,15-17H,1-3,5-6H2,(H,18,19). The Morgan fingerprint density at radius 3 is 2.95 bits per heavy atom. The van der Waals surface area contributed by atoms with Crippen molar-refractivity contribution in [2.24, 2.45) is 0 Å². The van der Waals surface area contributed by atoms with Gasteiger partial charge in [-0.15, -0.1) is 0 Å². The Hall–Kier alpha value is -1.31. The van der Waals surface area contributed by atoms with Gasteiger partial charge in [-0.2, -0.15) is 0 Å². The highest BCUT2D eigenvalue weighted by molar-refractivity contribution is 9.10. The average molecular weight is 346 g/mol. The molecule has 110 valence electrons. The number of fused-ring (bicyclic) bond motifs is 1. The molecule has 1 atom stereocenters. The van der Waals surface area contributed by atoms with Crippen molar-refractivity contribution in [2.75, 3.05) is 25.1 Å². The molecule has 20 heavy (non-hydrogen) atoms. The maximum absolute atomic E-state index is 11.3. The Bertz CT molecular complexity index is 520. The number of hydrogen-bond donors (Lipinski definition) is 4. The van der Waals surface area contributed by atoms with Crippen LogP contribution in [0.5, 0.6) is 5.75 Å². The van der Waals surface area contributed by atoms with Crippen LogP contribution in [-0.2, 0) is 6.42 Å². The molecule has 0 bridgehead atoms. The van der Waals surface area contributed by atoms with E-state index in [2.05, 4.69) is 21.2 Å². The van der Waals surface area contributed by atoms with Crippen molar-refractivity contribution in [2.45, 2.75) is 18.9 Å². The van der Waals surface area contributed by atoms with E-state index < -0.39 is 12.1 Å². The SMILES string of the molecule is O=C(O)c1cc(Br)c(NCC(O)CO)c2c1OCCC2. The number of halogens is 1. The quantitative estimate of drug-likeness (QED) is 0.640.